The molecule has 178 valence electrons. The molecule has 3 aromatic rings. The van der Waals surface area contributed by atoms with E-state index in [9.17, 15) is 22.4 Å². The largest absolute Gasteiger partial charge is 0.478 e. The first-order valence-corrected chi connectivity index (χ1v) is 12.0. The van der Waals surface area contributed by atoms with Gasteiger partial charge in [-0.05, 0) is 66.9 Å². The van der Waals surface area contributed by atoms with Crippen molar-refractivity contribution in [2.24, 2.45) is 0 Å². The zero-order chi connectivity index (χ0) is 25.0. The van der Waals surface area contributed by atoms with E-state index in [1.165, 1.54) is 36.4 Å². The van der Waals surface area contributed by atoms with E-state index in [1.807, 2.05) is 0 Å². The molecule has 0 spiro atoms. The second-order valence-corrected chi connectivity index (χ2v) is 9.85. The fourth-order valence-electron chi connectivity index (χ4n) is 3.30. The molecule has 34 heavy (non-hydrogen) atoms. The average Bonchev–Trinajstić information content (AvgIpc) is 2.78. The van der Waals surface area contributed by atoms with E-state index in [0.29, 0.717) is 16.7 Å². The number of carbonyl (C=O) groups is 2. The number of hydrogen-bond donors (Lipinski definition) is 2. The van der Waals surface area contributed by atoms with Crippen LogP contribution in [0.5, 0.6) is 0 Å². The number of hydrogen-bond acceptors (Lipinski definition) is 4. The van der Waals surface area contributed by atoms with Gasteiger partial charge in [-0.1, -0.05) is 35.9 Å². The lowest BCUT2D eigenvalue weighted by atomic mass is 10.1. The van der Waals surface area contributed by atoms with Crippen LogP contribution in [0.25, 0.3) is 0 Å². The Morgan fingerprint density at radius 1 is 1.06 bits per heavy atom. The molecule has 0 fully saturated rings. The predicted molar refractivity (Wildman–Crippen MR) is 127 cm³/mol. The van der Waals surface area contributed by atoms with Gasteiger partial charge in [0.25, 0.3) is 10.0 Å². The minimum Gasteiger partial charge on any atom is -0.478 e. The van der Waals surface area contributed by atoms with Crippen LogP contribution >= 0.6 is 11.6 Å². The Balaban J connectivity index is 1.93. The number of anilines is 1. The quantitative estimate of drug-likeness (QED) is 0.476. The topological polar surface area (TPSA) is 104 Å². The summed E-state index contributed by atoms with van der Waals surface area (Å²) in [6, 6.07) is 14.3. The number of nitrogens with zero attached hydrogens (tertiary/aromatic N) is 1. The zero-order valence-corrected chi connectivity index (χ0v) is 20.0. The summed E-state index contributed by atoms with van der Waals surface area (Å²) in [4.78, 5) is 23.3. The highest BCUT2D eigenvalue weighted by Crippen LogP contribution is 2.31. The van der Waals surface area contributed by atoms with Gasteiger partial charge in [-0.3, -0.25) is 9.10 Å². The van der Waals surface area contributed by atoms with Crippen molar-refractivity contribution in [3.63, 3.8) is 0 Å². The molecule has 3 aromatic carbocycles. The Morgan fingerprint density at radius 3 is 2.44 bits per heavy atom. The zero-order valence-electron chi connectivity index (χ0n) is 18.4. The fraction of sp³-hybridized carbons (Fsp3) is 0.167. The van der Waals surface area contributed by atoms with Crippen LogP contribution in [0.3, 0.4) is 0 Å². The molecule has 2 N–H and O–H groups in total. The summed E-state index contributed by atoms with van der Waals surface area (Å²) in [6.45, 7) is 2.56. The van der Waals surface area contributed by atoms with Crippen LogP contribution < -0.4 is 9.62 Å². The van der Waals surface area contributed by atoms with Gasteiger partial charge in [0.2, 0.25) is 5.91 Å². The van der Waals surface area contributed by atoms with Crippen LogP contribution in [0.2, 0.25) is 5.02 Å². The van der Waals surface area contributed by atoms with Crippen LogP contribution in [-0.4, -0.2) is 31.9 Å². The summed E-state index contributed by atoms with van der Waals surface area (Å²) in [5, 5.41) is 12.0. The summed E-state index contributed by atoms with van der Waals surface area (Å²) in [5.41, 5.74) is 1.66. The normalized spacial score (nSPS) is 11.2. The van der Waals surface area contributed by atoms with E-state index < -0.39 is 39.2 Å². The number of halogens is 2. The Morgan fingerprint density at radius 2 is 1.76 bits per heavy atom. The molecule has 0 saturated carbocycles. The maximum Gasteiger partial charge on any atom is 0.335 e. The molecule has 0 saturated heterocycles. The molecule has 0 heterocycles. The van der Waals surface area contributed by atoms with Crippen molar-refractivity contribution in [3.05, 3.63) is 93.8 Å². The number of carboxylic acids is 1. The lowest BCUT2D eigenvalue weighted by Crippen LogP contribution is -2.41. The van der Waals surface area contributed by atoms with Crippen molar-refractivity contribution in [1.29, 1.82) is 0 Å². The number of aromatic carboxylic acids is 1. The third kappa shape index (κ3) is 5.55. The number of amides is 1. The number of carboxylic acid groups (broad SMARTS) is 1. The van der Waals surface area contributed by atoms with Crippen LogP contribution in [-0.2, 0) is 21.4 Å². The SMILES string of the molecule is Cc1ccc(S(=O)(=O)N(CC(=O)NCc2cccc(C(=O)O)c2)c2cccc(Cl)c2C)c(F)c1. The van der Waals surface area contributed by atoms with Crippen molar-refractivity contribution < 1.29 is 27.5 Å². The molecule has 10 heteroatoms. The van der Waals surface area contributed by atoms with Crippen LogP contribution in [0, 0.1) is 19.7 Å². The second-order valence-electron chi connectivity index (χ2n) is 7.61. The van der Waals surface area contributed by atoms with E-state index in [2.05, 4.69) is 5.32 Å². The molecular formula is C24H22ClFN2O5S. The monoisotopic (exact) mass is 504 g/mol. The lowest BCUT2D eigenvalue weighted by molar-refractivity contribution is -0.119. The van der Waals surface area contributed by atoms with Gasteiger partial charge >= 0.3 is 5.97 Å². The Hall–Kier alpha value is -3.43. The molecule has 0 bridgehead atoms. The van der Waals surface area contributed by atoms with Gasteiger partial charge in [0, 0.05) is 11.6 Å². The summed E-state index contributed by atoms with van der Waals surface area (Å²) in [7, 11) is -4.48. The number of sulfonamides is 1. The van der Waals surface area contributed by atoms with Crippen LogP contribution in [0.4, 0.5) is 10.1 Å². The maximum absolute atomic E-state index is 14.6. The lowest BCUT2D eigenvalue weighted by Gasteiger charge is -2.26. The predicted octanol–water partition coefficient (Wildman–Crippen LogP) is 4.31. The van der Waals surface area contributed by atoms with Gasteiger partial charge < -0.3 is 10.4 Å². The Kier molecular flexibility index (Phi) is 7.58. The first-order chi connectivity index (χ1) is 16.0. The number of carbonyl (C=O) groups excluding carboxylic acids is 1. The number of aryl methyl sites for hydroxylation is 1. The minimum atomic E-state index is -4.48. The van der Waals surface area contributed by atoms with Crippen molar-refractivity contribution in [2.75, 3.05) is 10.8 Å². The van der Waals surface area contributed by atoms with Crippen molar-refractivity contribution in [2.45, 2.75) is 25.3 Å². The highest BCUT2D eigenvalue weighted by molar-refractivity contribution is 7.92. The third-order valence-electron chi connectivity index (χ3n) is 5.11. The molecule has 3 rings (SSSR count). The fourth-order valence-corrected chi connectivity index (χ4v) is 5.00. The Labute approximate surface area is 201 Å². The van der Waals surface area contributed by atoms with Crippen molar-refractivity contribution >= 4 is 39.2 Å². The first kappa shape index (κ1) is 25.2. The van der Waals surface area contributed by atoms with E-state index in [1.54, 1.807) is 26.0 Å². The molecule has 0 aliphatic heterocycles. The second kappa shape index (κ2) is 10.2. The molecular weight excluding hydrogens is 483 g/mol. The van der Waals surface area contributed by atoms with Gasteiger partial charge in [-0.25, -0.2) is 17.6 Å². The van der Waals surface area contributed by atoms with Crippen LogP contribution in [0.1, 0.15) is 27.0 Å². The van der Waals surface area contributed by atoms with E-state index in [-0.39, 0.29) is 22.8 Å². The smallest absolute Gasteiger partial charge is 0.335 e. The summed E-state index contributed by atoms with van der Waals surface area (Å²) < 4.78 is 42.4. The average molecular weight is 505 g/mol. The Bertz CT molecular complexity index is 1360. The standard InChI is InChI=1S/C24H22ClFN2O5S/c1-15-9-10-22(20(26)11-15)34(32,33)28(21-8-4-7-19(25)16(21)2)14-23(29)27-13-17-5-3-6-18(12-17)24(30)31/h3-12H,13-14H2,1-2H3,(H,27,29)(H,30,31). The van der Waals surface area contributed by atoms with Gasteiger partial charge in [-0.2, -0.15) is 0 Å². The van der Waals surface area contributed by atoms with Crippen molar-refractivity contribution in [3.8, 4) is 0 Å². The van der Waals surface area contributed by atoms with Gasteiger partial charge in [0.05, 0.1) is 11.3 Å². The third-order valence-corrected chi connectivity index (χ3v) is 7.32. The molecule has 0 radical (unpaired) electrons. The molecule has 0 aromatic heterocycles. The minimum absolute atomic E-state index is 0.0265. The summed E-state index contributed by atoms with van der Waals surface area (Å²) >= 11 is 6.18. The number of nitrogens with one attached hydrogen (secondary N) is 1. The maximum atomic E-state index is 14.6. The summed E-state index contributed by atoms with van der Waals surface area (Å²) in [6.07, 6.45) is 0. The van der Waals surface area contributed by atoms with E-state index in [0.717, 1.165) is 16.4 Å². The highest BCUT2D eigenvalue weighted by atomic mass is 35.5. The number of benzene rings is 3. The molecule has 1 amide bonds. The van der Waals surface area contributed by atoms with Gasteiger partial charge in [0.1, 0.15) is 17.3 Å². The molecule has 7 nitrogen and oxygen atoms in total. The van der Waals surface area contributed by atoms with E-state index in [4.69, 9.17) is 16.7 Å². The number of rotatable bonds is 8. The van der Waals surface area contributed by atoms with E-state index >= 15 is 0 Å². The highest BCUT2D eigenvalue weighted by Gasteiger charge is 2.31. The van der Waals surface area contributed by atoms with Gasteiger partial charge in [-0.15, -0.1) is 0 Å². The molecule has 0 atom stereocenters. The molecule has 0 unspecified atom stereocenters. The van der Waals surface area contributed by atoms with Crippen LogP contribution in [0.15, 0.2) is 65.6 Å². The molecule has 0 aliphatic carbocycles. The first-order valence-electron chi connectivity index (χ1n) is 10.1. The summed E-state index contributed by atoms with van der Waals surface area (Å²) in [5.74, 6) is -2.71. The van der Waals surface area contributed by atoms with Crippen molar-refractivity contribution in [1.82, 2.24) is 5.32 Å². The van der Waals surface area contributed by atoms with Gasteiger partial charge in [0.15, 0.2) is 0 Å². The molecule has 0 aliphatic rings.